The lowest BCUT2D eigenvalue weighted by Gasteiger charge is -2.39. The Labute approximate surface area is 204 Å². The molecule has 6 nitrogen and oxygen atoms in total. The molecule has 35 heavy (non-hydrogen) atoms. The highest BCUT2D eigenvalue weighted by Crippen LogP contribution is 2.43. The van der Waals surface area contributed by atoms with E-state index in [4.69, 9.17) is 4.74 Å². The number of ketones is 1. The van der Waals surface area contributed by atoms with Crippen LogP contribution in [-0.4, -0.2) is 46.5 Å². The van der Waals surface area contributed by atoms with Gasteiger partial charge >= 0.3 is 6.09 Å². The molecule has 2 aliphatic rings. The molecule has 0 saturated carbocycles. The van der Waals surface area contributed by atoms with Gasteiger partial charge in [-0.1, -0.05) is 62.4 Å². The summed E-state index contributed by atoms with van der Waals surface area (Å²) in [6.07, 6.45) is 1.64. The van der Waals surface area contributed by atoms with Crippen LogP contribution >= 0.6 is 0 Å². The molecular weight excluding hydrogens is 447 g/mol. The summed E-state index contributed by atoms with van der Waals surface area (Å²) in [7, 11) is 1.45. The number of carbonyl (C=O) groups excluding carboxylic acids is 1. The summed E-state index contributed by atoms with van der Waals surface area (Å²) in [5, 5.41) is 9.87. The fourth-order valence-electron chi connectivity index (χ4n) is 4.42. The Hall–Kier alpha value is -3.71. The third kappa shape index (κ3) is 5.20. The molecule has 0 bridgehead atoms. The second kappa shape index (κ2) is 10.3. The molecule has 1 unspecified atom stereocenters. The minimum absolute atomic E-state index is 0.0941. The van der Waals surface area contributed by atoms with Gasteiger partial charge in [-0.05, 0) is 34.8 Å². The van der Waals surface area contributed by atoms with Crippen LogP contribution < -0.4 is 0 Å². The zero-order chi connectivity index (χ0) is 25.1. The largest absolute Gasteiger partial charge is 0.465 e. The van der Waals surface area contributed by atoms with Gasteiger partial charge in [0.1, 0.15) is 17.7 Å². The van der Waals surface area contributed by atoms with Gasteiger partial charge in [0.05, 0.1) is 6.61 Å². The molecular formula is C28H29FN2O4. The third-order valence-electron chi connectivity index (χ3n) is 6.00. The number of nitrogens with zero attached hydrogens (tertiary/aromatic N) is 2. The van der Waals surface area contributed by atoms with E-state index in [1.54, 1.807) is 24.3 Å². The molecule has 0 aromatic heterocycles. The van der Waals surface area contributed by atoms with E-state index in [1.165, 1.54) is 13.1 Å². The first-order valence-corrected chi connectivity index (χ1v) is 11.6. The maximum absolute atomic E-state index is 15.1. The summed E-state index contributed by atoms with van der Waals surface area (Å²) in [5.74, 6) is -0.0208. The number of hydrogen-bond donors (Lipinski definition) is 1. The highest BCUT2D eigenvalue weighted by molar-refractivity contribution is 5.97. The Bertz CT molecular complexity index is 1220. The van der Waals surface area contributed by atoms with Crippen molar-refractivity contribution in [3.63, 3.8) is 0 Å². The predicted octanol–water partition coefficient (Wildman–Crippen LogP) is 5.44. The first-order chi connectivity index (χ1) is 16.8. The Morgan fingerprint density at radius 2 is 1.86 bits per heavy atom. The molecule has 182 valence electrons. The zero-order valence-electron chi connectivity index (χ0n) is 20.1. The minimum atomic E-state index is -1.16. The van der Waals surface area contributed by atoms with Gasteiger partial charge in [-0.25, -0.2) is 9.18 Å². The van der Waals surface area contributed by atoms with Gasteiger partial charge < -0.3 is 14.7 Å². The standard InChI is InChI=1S/C28H29FN2O4/c1-18(2)15-31-16-20-13-24(32)25(35-17-19-9-5-4-6-10-19)14-22(20)26(27(31)30(3)28(33)34)21-11-7-8-12-23(21)29/h4-12,14,16,18,25H,13,15,17H2,1-3H3,(H,33,34). The van der Waals surface area contributed by atoms with Gasteiger partial charge in [-0.2, -0.15) is 0 Å². The SMILES string of the molecule is CC(C)CN1C=C2CC(=O)C(OCc3ccccc3)C=C2C(c2ccccc2F)=C1N(C)C(=O)O. The number of benzene rings is 2. The zero-order valence-corrected chi connectivity index (χ0v) is 20.1. The van der Waals surface area contributed by atoms with Crippen LogP contribution in [0.25, 0.3) is 5.57 Å². The predicted molar refractivity (Wildman–Crippen MR) is 131 cm³/mol. The minimum Gasteiger partial charge on any atom is -0.465 e. The fraction of sp³-hybridized carbons (Fsp3) is 0.286. The number of Topliss-reactive ketones (excluding diaryl/α,β-unsaturated/α-hetero) is 1. The maximum atomic E-state index is 15.1. The van der Waals surface area contributed by atoms with E-state index < -0.39 is 18.0 Å². The summed E-state index contributed by atoms with van der Waals surface area (Å²) in [5.41, 5.74) is 2.99. The molecule has 1 amide bonds. The Morgan fingerprint density at radius 1 is 1.17 bits per heavy atom. The van der Waals surface area contributed by atoms with E-state index in [2.05, 4.69) is 0 Å². The van der Waals surface area contributed by atoms with Gasteiger partial charge in [-0.15, -0.1) is 0 Å². The molecule has 1 heterocycles. The van der Waals surface area contributed by atoms with Crippen LogP contribution in [0.3, 0.4) is 0 Å². The molecule has 1 N–H and O–H groups in total. The van der Waals surface area contributed by atoms with Crippen LogP contribution in [0.15, 0.2) is 83.8 Å². The first-order valence-electron chi connectivity index (χ1n) is 11.6. The van der Waals surface area contributed by atoms with Crippen LogP contribution in [0.4, 0.5) is 9.18 Å². The van der Waals surface area contributed by atoms with Gasteiger partial charge in [0.15, 0.2) is 5.78 Å². The Kier molecular flexibility index (Phi) is 7.17. The van der Waals surface area contributed by atoms with E-state index in [-0.39, 0.29) is 30.3 Å². The monoisotopic (exact) mass is 476 g/mol. The van der Waals surface area contributed by atoms with Crippen molar-refractivity contribution in [3.8, 4) is 0 Å². The van der Waals surface area contributed by atoms with E-state index >= 15 is 4.39 Å². The molecule has 7 heteroatoms. The molecule has 1 aliphatic carbocycles. The number of hydrogen-bond acceptors (Lipinski definition) is 4. The van der Waals surface area contributed by atoms with Crippen LogP contribution in [-0.2, 0) is 16.1 Å². The molecule has 2 aromatic rings. The quantitative estimate of drug-likeness (QED) is 0.576. The maximum Gasteiger partial charge on any atom is 0.412 e. The average molecular weight is 477 g/mol. The summed E-state index contributed by atoms with van der Waals surface area (Å²) in [6.45, 7) is 4.79. The van der Waals surface area contributed by atoms with E-state index in [0.717, 1.165) is 16.0 Å². The van der Waals surface area contributed by atoms with Gasteiger partial charge in [-0.3, -0.25) is 9.69 Å². The second-order valence-corrected chi connectivity index (χ2v) is 9.16. The molecule has 1 aliphatic heterocycles. The normalized spacial score (nSPS) is 17.8. The summed E-state index contributed by atoms with van der Waals surface area (Å²) in [6, 6.07) is 15.8. The number of allylic oxidation sites excluding steroid dienone is 3. The van der Waals surface area contributed by atoms with Crippen molar-refractivity contribution in [2.75, 3.05) is 13.6 Å². The summed E-state index contributed by atoms with van der Waals surface area (Å²) < 4.78 is 21.1. The highest BCUT2D eigenvalue weighted by Gasteiger charge is 2.36. The van der Waals surface area contributed by atoms with Crippen molar-refractivity contribution in [1.82, 2.24) is 9.80 Å². The van der Waals surface area contributed by atoms with Crippen molar-refractivity contribution in [2.24, 2.45) is 5.92 Å². The molecule has 0 fully saturated rings. The number of rotatable bonds is 7. The smallest absolute Gasteiger partial charge is 0.412 e. The van der Waals surface area contributed by atoms with E-state index in [0.29, 0.717) is 23.5 Å². The number of ether oxygens (including phenoxy) is 1. The van der Waals surface area contributed by atoms with E-state index in [9.17, 15) is 14.7 Å². The first kappa shape index (κ1) is 24.4. The fourth-order valence-corrected chi connectivity index (χ4v) is 4.42. The lowest BCUT2D eigenvalue weighted by atomic mass is 9.81. The number of carbonyl (C=O) groups is 2. The number of halogens is 1. The molecule has 0 radical (unpaired) electrons. The van der Waals surface area contributed by atoms with Crippen LogP contribution in [0.5, 0.6) is 0 Å². The van der Waals surface area contributed by atoms with Gasteiger partial charge in [0, 0.05) is 37.3 Å². The number of carboxylic acid groups (broad SMARTS) is 1. The van der Waals surface area contributed by atoms with Crippen molar-refractivity contribution < 1.29 is 23.8 Å². The number of amides is 1. The Balaban J connectivity index is 1.85. The van der Waals surface area contributed by atoms with E-state index in [1.807, 2.05) is 55.3 Å². The van der Waals surface area contributed by atoms with Gasteiger partial charge in [0.25, 0.3) is 0 Å². The lowest BCUT2D eigenvalue weighted by molar-refractivity contribution is -0.128. The average Bonchev–Trinajstić information content (AvgIpc) is 2.82. The van der Waals surface area contributed by atoms with Crippen LogP contribution in [0.2, 0.25) is 0 Å². The second-order valence-electron chi connectivity index (χ2n) is 9.16. The van der Waals surface area contributed by atoms with Crippen molar-refractivity contribution in [3.05, 3.63) is 101 Å². The van der Waals surface area contributed by atoms with Crippen molar-refractivity contribution >= 4 is 17.4 Å². The molecule has 2 aromatic carbocycles. The summed E-state index contributed by atoms with van der Waals surface area (Å²) >= 11 is 0. The molecule has 1 atom stereocenters. The van der Waals surface area contributed by atoms with Crippen LogP contribution in [0.1, 0.15) is 31.4 Å². The van der Waals surface area contributed by atoms with Crippen molar-refractivity contribution in [1.29, 1.82) is 0 Å². The van der Waals surface area contributed by atoms with Gasteiger partial charge in [0.2, 0.25) is 0 Å². The van der Waals surface area contributed by atoms with Crippen molar-refractivity contribution in [2.45, 2.75) is 33.0 Å². The number of fused-ring (bicyclic) bond motifs is 1. The van der Waals surface area contributed by atoms with Crippen LogP contribution in [0, 0.1) is 11.7 Å². The summed E-state index contributed by atoms with van der Waals surface area (Å²) in [4.78, 5) is 28.0. The Morgan fingerprint density at radius 3 is 2.51 bits per heavy atom. The molecule has 0 saturated heterocycles. The third-order valence-corrected chi connectivity index (χ3v) is 6.00. The lowest BCUT2D eigenvalue weighted by Crippen LogP contribution is -2.40. The topological polar surface area (TPSA) is 70.1 Å². The molecule has 4 rings (SSSR count). The molecule has 0 spiro atoms. The highest BCUT2D eigenvalue weighted by atomic mass is 19.1.